The molecule has 0 spiro atoms. The molecule has 0 saturated carbocycles. The fourth-order valence-corrected chi connectivity index (χ4v) is 2.63. The van der Waals surface area contributed by atoms with E-state index in [1.807, 2.05) is 39.0 Å². The average Bonchev–Trinajstić information content (AvgIpc) is 2.80. The molecule has 0 aromatic heterocycles. The SMILES string of the molecule is CCOC(=O)C[C@@H](Cc1ccccc1)[C@H]1COC(C)(C)O1. The van der Waals surface area contributed by atoms with E-state index in [0.717, 1.165) is 6.42 Å². The van der Waals surface area contributed by atoms with Gasteiger partial charge in [-0.1, -0.05) is 30.3 Å². The Hall–Kier alpha value is -1.39. The van der Waals surface area contributed by atoms with Crippen LogP contribution in [0.2, 0.25) is 0 Å². The Labute approximate surface area is 126 Å². The number of carbonyl (C=O) groups is 1. The highest BCUT2D eigenvalue weighted by atomic mass is 16.7. The van der Waals surface area contributed by atoms with E-state index in [9.17, 15) is 4.79 Å². The second-order valence-electron chi connectivity index (χ2n) is 5.83. The fourth-order valence-electron chi connectivity index (χ4n) is 2.63. The molecular weight excluding hydrogens is 268 g/mol. The van der Waals surface area contributed by atoms with Crippen LogP contribution >= 0.6 is 0 Å². The zero-order chi connectivity index (χ0) is 15.3. The number of rotatable bonds is 6. The first kappa shape index (κ1) is 16.0. The van der Waals surface area contributed by atoms with Crippen LogP contribution in [0.4, 0.5) is 0 Å². The highest BCUT2D eigenvalue weighted by molar-refractivity contribution is 5.69. The topological polar surface area (TPSA) is 44.8 Å². The third-order valence-electron chi connectivity index (χ3n) is 3.63. The lowest BCUT2D eigenvalue weighted by molar-refractivity contribution is -0.153. The Bertz CT molecular complexity index is 455. The van der Waals surface area contributed by atoms with Gasteiger partial charge in [0.25, 0.3) is 0 Å². The number of carbonyl (C=O) groups excluding carboxylic acids is 1. The summed E-state index contributed by atoms with van der Waals surface area (Å²) in [5.41, 5.74) is 1.19. The lowest BCUT2D eigenvalue weighted by atomic mass is 9.91. The smallest absolute Gasteiger partial charge is 0.306 e. The first-order valence-electron chi connectivity index (χ1n) is 7.51. The van der Waals surface area contributed by atoms with Crippen molar-refractivity contribution in [1.29, 1.82) is 0 Å². The van der Waals surface area contributed by atoms with E-state index in [2.05, 4.69) is 12.1 Å². The number of esters is 1. The molecule has 0 aliphatic carbocycles. The van der Waals surface area contributed by atoms with E-state index in [0.29, 0.717) is 19.6 Å². The van der Waals surface area contributed by atoms with Gasteiger partial charge in [-0.15, -0.1) is 0 Å². The number of ether oxygens (including phenoxy) is 3. The van der Waals surface area contributed by atoms with Gasteiger partial charge in [0.1, 0.15) is 0 Å². The molecule has 1 aromatic carbocycles. The number of hydrogen-bond acceptors (Lipinski definition) is 4. The second kappa shape index (κ2) is 7.05. The standard InChI is InChI=1S/C17H24O4/c1-4-19-16(18)11-14(10-13-8-6-5-7-9-13)15-12-20-17(2,3)21-15/h5-9,14-15H,4,10-12H2,1-3H3/t14-,15-/m1/s1. The van der Waals surface area contributed by atoms with Crippen molar-refractivity contribution >= 4 is 5.97 Å². The quantitative estimate of drug-likeness (QED) is 0.756. The van der Waals surface area contributed by atoms with Crippen molar-refractivity contribution in [3.8, 4) is 0 Å². The van der Waals surface area contributed by atoms with Crippen molar-refractivity contribution in [2.24, 2.45) is 5.92 Å². The monoisotopic (exact) mass is 292 g/mol. The van der Waals surface area contributed by atoms with Crippen LogP contribution in [0.25, 0.3) is 0 Å². The highest BCUT2D eigenvalue weighted by Gasteiger charge is 2.38. The maximum Gasteiger partial charge on any atom is 0.306 e. The minimum atomic E-state index is -0.575. The number of hydrogen-bond donors (Lipinski definition) is 0. The predicted octanol–water partition coefficient (Wildman–Crippen LogP) is 2.95. The molecule has 2 atom stereocenters. The van der Waals surface area contributed by atoms with E-state index >= 15 is 0 Å². The van der Waals surface area contributed by atoms with Gasteiger partial charge in [0, 0.05) is 5.92 Å². The van der Waals surface area contributed by atoms with Gasteiger partial charge in [-0.2, -0.15) is 0 Å². The zero-order valence-corrected chi connectivity index (χ0v) is 13.0. The summed E-state index contributed by atoms with van der Waals surface area (Å²) in [6.45, 7) is 6.55. The molecule has 21 heavy (non-hydrogen) atoms. The van der Waals surface area contributed by atoms with Crippen molar-refractivity contribution in [2.75, 3.05) is 13.2 Å². The summed E-state index contributed by atoms with van der Waals surface area (Å²) in [6, 6.07) is 10.1. The first-order valence-corrected chi connectivity index (χ1v) is 7.51. The van der Waals surface area contributed by atoms with Crippen LogP contribution in [0.5, 0.6) is 0 Å². The van der Waals surface area contributed by atoms with Crippen molar-refractivity contribution in [1.82, 2.24) is 0 Å². The van der Waals surface area contributed by atoms with Crippen LogP contribution in [0.1, 0.15) is 32.8 Å². The molecule has 1 fully saturated rings. The molecule has 0 amide bonds. The first-order chi connectivity index (χ1) is 10.00. The maximum atomic E-state index is 11.8. The van der Waals surface area contributed by atoms with Crippen LogP contribution in [0.15, 0.2) is 30.3 Å². The third kappa shape index (κ3) is 4.83. The third-order valence-corrected chi connectivity index (χ3v) is 3.63. The molecule has 0 bridgehead atoms. The molecule has 1 saturated heterocycles. The molecular formula is C17H24O4. The summed E-state index contributed by atoms with van der Waals surface area (Å²) >= 11 is 0. The maximum absolute atomic E-state index is 11.8. The molecule has 0 radical (unpaired) electrons. The second-order valence-corrected chi connectivity index (χ2v) is 5.83. The molecule has 2 rings (SSSR count). The van der Waals surface area contributed by atoms with E-state index < -0.39 is 5.79 Å². The summed E-state index contributed by atoms with van der Waals surface area (Å²) in [7, 11) is 0. The molecule has 1 aliphatic rings. The summed E-state index contributed by atoms with van der Waals surface area (Å²) in [6.07, 6.45) is 1.06. The average molecular weight is 292 g/mol. The van der Waals surface area contributed by atoms with Gasteiger partial charge in [-0.05, 0) is 32.8 Å². The molecule has 1 heterocycles. The highest BCUT2D eigenvalue weighted by Crippen LogP contribution is 2.30. The molecule has 4 nitrogen and oxygen atoms in total. The predicted molar refractivity (Wildman–Crippen MR) is 79.8 cm³/mol. The normalized spacial score (nSPS) is 22.0. The minimum absolute atomic E-state index is 0.0632. The van der Waals surface area contributed by atoms with E-state index in [-0.39, 0.29) is 18.0 Å². The molecule has 0 N–H and O–H groups in total. The Kier molecular flexibility index (Phi) is 5.37. The zero-order valence-electron chi connectivity index (χ0n) is 13.0. The van der Waals surface area contributed by atoms with E-state index in [1.54, 1.807) is 0 Å². The Morgan fingerprint density at radius 2 is 2.10 bits per heavy atom. The van der Waals surface area contributed by atoms with Crippen molar-refractivity contribution in [3.63, 3.8) is 0 Å². The van der Waals surface area contributed by atoms with Crippen LogP contribution < -0.4 is 0 Å². The Morgan fingerprint density at radius 3 is 2.67 bits per heavy atom. The van der Waals surface area contributed by atoms with Gasteiger partial charge in [0.2, 0.25) is 0 Å². The Morgan fingerprint density at radius 1 is 1.38 bits per heavy atom. The van der Waals surface area contributed by atoms with Crippen molar-refractivity contribution in [3.05, 3.63) is 35.9 Å². The Balaban J connectivity index is 2.05. The lowest BCUT2D eigenvalue weighted by Crippen LogP contribution is -2.30. The number of benzene rings is 1. The van der Waals surface area contributed by atoms with Crippen LogP contribution in [-0.4, -0.2) is 31.1 Å². The van der Waals surface area contributed by atoms with Gasteiger partial charge in [0.05, 0.1) is 25.7 Å². The van der Waals surface area contributed by atoms with Gasteiger partial charge in [0.15, 0.2) is 5.79 Å². The van der Waals surface area contributed by atoms with Crippen LogP contribution in [-0.2, 0) is 25.4 Å². The van der Waals surface area contributed by atoms with Crippen LogP contribution in [0, 0.1) is 5.92 Å². The van der Waals surface area contributed by atoms with Crippen molar-refractivity contribution in [2.45, 2.75) is 45.5 Å². The summed E-state index contributed by atoms with van der Waals surface area (Å²) in [5, 5.41) is 0. The molecule has 4 heteroatoms. The molecule has 0 unspecified atom stereocenters. The van der Waals surface area contributed by atoms with Gasteiger partial charge in [-0.25, -0.2) is 0 Å². The summed E-state index contributed by atoms with van der Waals surface area (Å²) in [5.74, 6) is -0.686. The van der Waals surface area contributed by atoms with Gasteiger partial charge in [-0.3, -0.25) is 4.79 Å². The summed E-state index contributed by atoms with van der Waals surface area (Å²) in [4.78, 5) is 11.8. The largest absolute Gasteiger partial charge is 0.466 e. The fraction of sp³-hybridized carbons (Fsp3) is 0.588. The van der Waals surface area contributed by atoms with Crippen molar-refractivity contribution < 1.29 is 19.0 Å². The minimum Gasteiger partial charge on any atom is -0.466 e. The molecule has 116 valence electrons. The summed E-state index contributed by atoms with van der Waals surface area (Å²) < 4.78 is 16.7. The molecule has 1 aromatic rings. The van der Waals surface area contributed by atoms with Crippen LogP contribution in [0.3, 0.4) is 0 Å². The lowest BCUT2D eigenvalue weighted by Gasteiger charge is -2.23. The van der Waals surface area contributed by atoms with Gasteiger partial charge >= 0.3 is 5.97 Å². The van der Waals surface area contributed by atoms with E-state index in [1.165, 1.54) is 5.56 Å². The van der Waals surface area contributed by atoms with Gasteiger partial charge < -0.3 is 14.2 Å². The molecule has 1 aliphatic heterocycles. The van der Waals surface area contributed by atoms with E-state index in [4.69, 9.17) is 14.2 Å².